The number of hydrogen-bond acceptors (Lipinski definition) is 3. The van der Waals surface area contributed by atoms with Crippen LogP contribution in [-0.4, -0.2) is 19.7 Å². The Kier molecular flexibility index (Phi) is 1.95. The van der Waals surface area contributed by atoms with Crippen LogP contribution in [0, 0.1) is 13.0 Å². The first kappa shape index (κ1) is 8.20. The van der Waals surface area contributed by atoms with Gasteiger partial charge in [-0.2, -0.15) is 0 Å². The minimum Gasteiger partial charge on any atom is -0.261 e. The molecular weight excluding hydrogens is 162 g/mol. The molecule has 59 valence electrons. The first-order chi connectivity index (χ1) is 5.00. The van der Waals surface area contributed by atoms with Gasteiger partial charge in [0.15, 0.2) is 9.84 Å². The van der Waals surface area contributed by atoms with Crippen LogP contribution in [0.1, 0.15) is 5.69 Å². The number of aryl methyl sites for hydroxylation is 1. The van der Waals surface area contributed by atoms with Gasteiger partial charge in [-0.15, -0.1) is 0 Å². The third-order valence-corrected chi connectivity index (χ3v) is 2.23. The maximum atomic E-state index is 10.9. The molecule has 0 spiro atoms. The zero-order chi connectivity index (χ0) is 8.48. The first-order valence-electron chi connectivity index (χ1n) is 3.05. The highest BCUT2D eigenvalue weighted by Gasteiger charge is 2.06. The van der Waals surface area contributed by atoms with Crippen LogP contribution in [0.3, 0.4) is 0 Å². The van der Waals surface area contributed by atoms with Crippen molar-refractivity contribution in [2.24, 2.45) is 0 Å². The van der Waals surface area contributed by atoms with Crippen LogP contribution in [0.2, 0.25) is 0 Å². The van der Waals surface area contributed by atoms with Gasteiger partial charge in [0, 0.05) is 24.2 Å². The van der Waals surface area contributed by atoms with Crippen molar-refractivity contribution in [3.8, 4) is 0 Å². The normalized spacial score (nSPS) is 11.5. The van der Waals surface area contributed by atoms with Crippen LogP contribution in [0.25, 0.3) is 0 Å². The molecule has 0 amide bonds. The van der Waals surface area contributed by atoms with E-state index in [2.05, 4.69) is 11.1 Å². The van der Waals surface area contributed by atoms with E-state index in [0.29, 0.717) is 5.69 Å². The third kappa shape index (κ3) is 2.01. The Labute approximate surface area is 66.0 Å². The lowest BCUT2D eigenvalue weighted by Gasteiger charge is -1.96. The summed E-state index contributed by atoms with van der Waals surface area (Å²) in [4.78, 5) is 4.03. The Morgan fingerprint density at radius 1 is 1.55 bits per heavy atom. The second kappa shape index (κ2) is 2.62. The maximum Gasteiger partial charge on any atom is 0.176 e. The predicted molar refractivity (Wildman–Crippen MR) is 40.9 cm³/mol. The lowest BCUT2D eigenvalue weighted by molar-refractivity contribution is 0.601. The van der Waals surface area contributed by atoms with E-state index in [9.17, 15) is 8.42 Å². The van der Waals surface area contributed by atoms with Gasteiger partial charge in [-0.05, 0) is 13.0 Å². The van der Waals surface area contributed by atoms with Crippen molar-refractivity contribution in [1.29, 1.82) is 0 Å². The summed E-state index contributed by atoms with van der Waals surface area (Å²) in [7, 11) is -3.12. The van der Waals surface area contributed by atoms with Crippen LogP contribution in [0.4, 0.5) is 0 Å². The quantitative estimate of drug-likeness (QED) is 0.619. The highest BCUT2D eigenvalue weighted by molar-refractivity contribution is 7.90. The molecule has 4 heteroatoms. The Morgan fingerprint density at radius 3 is 2.55 bits per heavy atom. The second-order valence-corrected chi connectivity index (χ2v) is 4.28. The average Bonchev–Trinajstić information content (AvgIpc) is 1.86. The van der Waals surface area contributed by atoms with Crippen molar-refractivity contribution in [2.45, 2.75) is 11.8 Å². The summed E-state index contributed by atoms with van der Waals surface area (Å²) >= 11 is 0. The molecule has 1 aromatic rings. The molecule has 0 bridgehead atoms. The molecule has 1 radical (unpaired) electrons. The Bertz CT molecular complexity index is 356. The Hall–Kier alpha value is -0.900. The number of pyridine rings is 1. The summed E-state index contributed by atoms with van der Waals surface area (Å²) in [5.74, 6) is 0. The van der Waals surface area contributed by atoms with Gasteiger partial charge in [-0.1, -0.05) is 0 Å². The Morgan fingerprint density at radius 2 is 2.18 bits per heavy atom. The molecule has 1 heterocycles. The van der Waals surface area contributed by atoms with Gasteiger partial charge in [0.1, 0.15) is 0 Å². The Balaban J connectivity index is 3.28. The van der Waals surface area contributed by atoms with Gasteiger partial charge in [0.05, 0.1) is 4.90 Å². The molecule has 0 unspecified atom stereocenters. The molecule has 0 fully saturated rings. The van der Waals surface area contributed by atoms with E-state index in [4.69, 9.17) is 0 Å². The molecule has 1 rings (SSSR count). The summed E-state index contributed by atoms with van der Waals surface area (Å²) in [6, 6.07) is 4.08. The lowest BCUT2D eigenvalue weighted by Crippen LogP contribution is -1.98. The number of aromatic nitrogens is 1. The van der Waals surface area contributed by atoms with E-state index >= 15 is 0 Å². The molecule has 3 nitrogen and oxygen atoms in total. The van der Waals surface area contributed by atoms with Crippen molar-refractivity contribution >= 4 is 9.84 Å². The highest BCUT2D eigenvalue weighted by atomic mass is 32.2. The average molecular weight is 170 g/mol. The van der Waals surface area contributed by atoms with Crippen LogP contribution in [0.5, 0.6) is 0 Å². The maximum absolute atomic E-state index is 10.9. The minimum atomic E-state index is -3.12. The smallest absolute Gasteiger partial charge is 0.176 e. The van der Waals surface area contributed by atoms with E-state index in [-0.39, 0.29) is 4.90 Å². The van der Waals surface area contributed by atoms with Crippen LogP contribution < -0.4 is 0 Å². The minimum absolute atomic E-state index is 0.199. The number of sulfone groups is 1. The fourth-order valence-corrected chi connectivity index (χ4v) is 1.33. The van der Waals surface area contributed by atoms with E-state index in [1.807, 2.05) is 0 Å². The largest absolute Gasteiger partial charge is 0.261 e. The number of rotatable bonds is 1. The van der Waals surface area contributed by atoms with E-state index in [0.717, 1.165) is 6.26 Å². The molecule has 0 N–H and O–H groups in total. The fourth-order valence-electron chi connectivity index (χ4n) is 0.685. The molecular formula is C7H8NO2S. The fraction of sp³-hybridized carbons (Fsp3) is 0.286. The van der Waals surface area contributed by atoms with Gasteiger partial charge in [-0.25, -0.2) is 8.42 Å². The van der Waals surface area contributed by atoms with Gasteiger partial charge >= 0.3 is 0 Å². The van der Waals surface area contributed by atoms with Crippen molar-refractivity contribution in [1.82, 2.24) is 4.98 Å². The van der Waals surface area contributed by atoms with E-state index in [1.54, 1.807) is 6.92 Å². The van der Waals surface area contributed by atoms with Crippen LogP contribution in [-0.2, 0) is 9.84 Å². The van der Waals surface area contributed by atoms with Crippen molar-refractivity contribution in [2.75, 3.05) is 6.26 Å². The zero-order valence-electron chi connectivity index (χ0n) is 6.33. The third-order valence-electron chi connectivity index (χ3n) is 1.20. The number of hydrogen-bond donors (Lipinski definition) is 0. The van der Waals surface area contributed by atoms with Gasteiger partial charge < -0.3 is 0 Å². The van der Waals surface area contributed by atoms with E-state index in [1.165, 1.54) is 12.3 Å². The lowest BCUT2D eigenvalue weighted by atomic mass is 10.4. The molecule has 1 aromatic heterocycles. The van der Waals surface area contributed by atoms with E-state index < -0.39 is 9.84 Å². The standard InChI is InChI=1S/C7H8NO2S/c1-6-5-7(3-4-8-6)11(2,9)10/h3-4H,1-2H3. The molecule has 0 saturated heterocycles. The van der Waals surface area contributed by atoms with Crippen LogP contribution in [0.15, 0.2) is 17.2 Å². The SMILES string of the molecule is Cc1[c]c(S(C)(=O)=O)ccn1. The summed E-state index contributed by atoms with van der Waals surface area (Å²) in [6.07, 6.45) is 2.61. The monoisotopic (exact) mass is 170 g/mol. The molecule has 0 aromatic carbocycles. The van der Waals surface area contributed by atoms with Crippen LogP contribution >= 0.6 is 0 Å². The molecule has 11 heavy (non-hydrogen) atoms. The van der Waals surface area contributed by atoms with Crippen molar-refractivity contribution < 1.29 is 8.42 Å². The summed E-state index contributed by atoms with van der Waals surface area (Å²) in [6.45, 7) is 1.70. The predicted octanol–water partition coefficient (Wildman–Crippen LogP) is 0.594. The highest BCUT2D eigenvalue weighted by Crippen LogP contribution is 2.06. The van der Waals surface area contributed by atoms with Gasteiger partial charge in [0.2, 0.25) is 0 Å². The van der Waals surface area contributed by atoms with Crippen molar-refractivity contribution in [3.63, 3.8) is 0 Å². The molecule has 0 aliphatic heterocycles. The molecule has 0 atom stereocenters. The summed E-state index contributed by atoms with van der Waals surface area (Å²) < 4.78 is 21.9. The topological polar surface area (TPSA) is 47.0 Å². The zero-order valence-corrected chi connectivity index (χ0v) is 7.14. The second-order valence-electron chi connectivity index (χ2n) is 2.29. The summed E-state index contributed by atoms with van der Waals surface area (Å²) in [5, 5.41) is 0. The molecule has 0 saturated carbocycles. The number of nitrogens with zero attached hydrogens (tertiary/aromatic N) is 1. The van der Waals surface area contributed by atoms with Crippen molar-refractivity contribution in [3.05, 3.63) is 24.0 Å². The molecule has 0 aliphatic rings. The van der Waals surface area contributed by atoms with Gasteiger partial charge in [-0.3, -0.25) is 4.98 Å². The molecule has 0 aliphatic carbocycles. The summed E-state index contributed by atoms with van der Waals surface area (Å²) in [5.41, 5.74) is 0.591. The van der Waals surface area contributed by atoms with Gasteiger partial charge in [0.25, 0.3) is 0 Å². The first-order valence-corrected chi connectivity index (χ1v) is 4.94.